The van der Waals surface area contributed by atoms with Crippen molar-refractivity contribution in [3.8, 4) is 0 Å². The number of aromatic nitrogens is 1. The second-order valence-corrected chi connectivity index (χ2v) is 2.84. The van der Waals surface area contributed by atoms with Gasteiger partial charge in [-0.2, -0.15) is 0 Å². The number of hydrogen-bond acceptors (Lipinski definition) is 3. The molecule has 0 aromatic carbocycles. The molecule has 0 amide bonds. The van der Waals surface area contributed by atoms with Gasteiger partial charge in [-0.25, -0.2) is 4.98 Å². The van der Waals surface area contributed by atoms with Gasteiger partial charge in [0.2, 0.25) is 0 Å². The minimum absolute atomic E-state index is 0.750. The molecule has 0 saturated carbocycles. The normalized spacial score (nSPS) is 10.3. The minimum Gasteiger partial charge on any atom is -0.363 e. The van der Waals surface area contributed by atoms with E-state index in [2.05, 4.69) is 4.98 Å². The van der Waals surface area contributed by atoms with E-state index in [0.29, 0.717) is 0 Å². The predicted molar refractivity (Wildman–Crippen MR) is 53.7 cm³/mol. The molecule has 0 spiro atoms. The number of aldehydes is 1. The Morgan fingerprint density at radius 3 is 2.62 bits per heavy atom. The molecule has 1 aromatic heterocycles. The molecule has 13 heavy (non-hydrogen) atoms. The van der Waals surface area contributed by atoms with Gasteiger partial charge in [-0.1, -0.05) is 6.08 Å². The molecular formula is C10H12N2O. The van der Waals surface area contributed by atoms with Crippen LogP contribution in [0.3, 0.4) is 0 Å². The molecule has 0 aliphatic carbocycles. The number of carbonyl (C=O) groups excluding carboxylic acids is 1. The van der Waals surface area contributed by atoms with E-state index in [1.165, 1.54) is 6.08 Å². The lowest BCUT2D eigenvalue weighted by molar-refractivity contribution is -0.104. The molecule has 0 aliphatic rings. The molecular weight excluding hydrogens is 164 g/mol. The smallest absolute Gasteiger partial charge is 0.142 e. The van der Waals surface area contributed by atoms with Gasteiger partial charge in [0, 0.05) is 20.3 Å². The van der Waals surface area contributed by atoms with E-state index in [9.17, 15) is 4.79 Å². The van der Waals surface area contributed by atoms with Crippen LogP contribution in [0.4, 0.5) is 5.82 Å². The predicted octanol–water partition coefficient (Wildman–Crippen LogP) is 1.36. The van der Waals surface area contributed by atoms with Crippen LogP contribution in [-0.4, -0.2) is 25.4 Å². The highest BCUT2D eigenvalue weighted by atomic mass is 16.1. The van der Waals surface area contributed by atoms with Gasteiger partial charge in [0.05, 0.1) is 0 Å². The third-order valence-corrected chi connectivity index (χ3v) is 1.60. The van der Waals surface area contributed by atoms with Crippen molar-refractivity contribution in [2.45, 2.75) is 0 Å². The van der Waals surface area contributed by atoms with Gasteiger partial charge in [-0.15, -0.1) is 0 Å². The fourth-order valence-electron chi connectivity index (χ4n) is 0.911. The Bertz CT molecular complexity index is 301. The minimum atomic E-state index is 0.750. The molecule has 68 valence electrons. The quantitative estimate of drug-likeness (QED) is 0.515. The van der Waals surface area contributed by atoms with E-state index in [0.717, 1.165) is 17.7 Å². The summed E-state index contributed by atoms with van der Waals surface area (Å²) in [7, 11) is 3.87. The van der Waals surface area contributed by atoms with Crippen molar-refractivity contribution >= 4 is 18.2 Å². The van der Waals surface area contributed by atoms with E-state index in [1.54, 1.807) is 12.3 Å². The van der Waals surface area contributed by atoms with Crippen LogP contribution < -0.4 is 4.90 Å². The van der Waals surface area contributed by atoms with E-state index >= 15 is 0 Å². The van der Waals surface area contributed by atoms with E-state index in [1.807, 2.05) is 31.1 Å². The molecule has 3 nitrogen and oxygen atoms in total. The fraction of sp³-hybridized carbons (Fsp3) is 0.200. The van der Waals surface area contributed by atoms with Gasteiger partial charge < -0.3 is 4.90 Å². The third-order valence-electron chi connectivity index (χ3n) is 1.60. The first kappa shape index (κ1) is 9.45. The van der Waals surface area contributed by atoms with Crippen LogP contribution in [-0.2, 0) is 4.79 Å². The maximum absolute atomic E-state index is 10.0. The highest BCUT2D eigenvalue weighted by Crippen LogP contribution is 2.08. The van der Waals surface area contributed by atoms with Crippen LogP contribution in [0, 0.1) is 0 Å². The Balaban J connectivity index is 2.81. The standard InChI is InChI=1S/C10H12N2O/c1-12(2)10-6-5-9(8-11-10)4-3-7-13/h3-8H,1-2H3. The maximum Gasteiger partial charge on any atom is 0.142 e. The summed E-state index contributed by atoms with van der Waals surface area (Å²) in [5.74, 6) is 0.906. The number of rotatable bonds is 3. The molecule has 0 radical (unpaired) electrons. The molecule has 0 atom stereocenters. The van der Waals surface area contributed by atoms with Crippen molar-refractivity contribution in [3.05, 3.63) is 30.0 Å². The van der Waals surface area contributed by atoms with Gasteiger partial charge in [0.25, 0.3) is 0 Å². The summed E-state index contributed by atoms with van der Waals surface area (Å²) in [5, 5.41) is 0. The average Bonchev–Trinajstić information content (AvgIpc) is 2.15. The Morgan fingerprint density at radius 2 is 2.15 bits per heavy atom. The molecule has 0 bridgehead atoms. The second-order valence-electron chi connectivity index (χ2n) is 2.84. The number of nitrogens with zero attached hydrogens (tertiary/aromatic N) is 2. The van der Waals surface area contributed by atoms with Gasteiger partial charge in [-0.05, 0) is 23.8 Å². The SMILES string of the molecule is CN(C)c1ccc(C=CC=O)cn1. The Hall–Kier alpha value is -1.64. The number of pyridine rings is 1. The van der Waals surface area contributed by atoms with Crippen molar-refractivity contribution in [1.29, 1.82) is 0 Å². The first-order chi connectivity index (χ1) is 6.24. The van der Waals surface area contributed by atoms with Crippen molar-refractivity contribution in [3.63, 3.8) is 0 Å². The Kier molecular flexibility index (Phi) is 3.20. The second kappa shape index (κ2) is 4.40. The summed E-state index contributed by atoms with van der Waals surface area (Å²) < 4.78 is 0. The summed E-state index contributed by atoms with van der Waals surface area (Å²) in [4.78, 5) is 16.2. The zero-order valence-corrected chi connectivity index (χ0v) is 7.77. The summed E-state index contributed by atoms with van der Waals surface area (Å²) in [6.45, 7) is 0. The van der Waals surface area contributed by atoms with Gasteiger partial charge in [0.15, 0.2) is 0 Å². The molecule has 0 fully saturated rings. The monoisotopic (exact) mass is 176 g/mol. The maximum atomic E-state index is 10.0. The molecule has 1 rings (SSSR count). The molecule has 0 aliphatic heterocycles. The molecule has 1 heterocycles. The Morgan fingerprint density at radius 1 is 1.38 bits per heavy atom. The molecule has 0 saturated heterocycles. The van der Waals surface area contributed by atoms with E-state index < -0.39 is 0 Å². The molecule has 3 heteroatoms. The van der Waals surface area contributed by atoms with Crippen molar-refractivity contribution in [2.24, 2.45) is 0 Å². The van der Waals surface area contributed by atoms with Crippen LogP contribution in [0.25, 0.3) is 6.08 Å². The largest absolute Gasteiger partial charge is 0.363 e. The lowest BCUT2D eigenvalue weighted by atomic mass is 10.2. The van der Waals surface area contributed by atoms with Crippen LogP contribution in [0.15, 0.2) is 24.4 Å². The topological polar surface area (TPSA) is 33.2 Å². The zero-order chi connectivity index (χ0) is 9.68. The number of anilines is 1. The summed E-state index contributed by atoms with van der Waals surface area (Å²) >= 11 is 0. The molecule has 0 unspecified atom stereocenters. The Labute approximate surface area is 77.7 Å². The van der Waals surface area contributed by atoms with E-state index in [4.69, 9.17) is 0 Å². The molecule has 1 aromatic rings. The first-order valence-electron chi connectivity index (χ1n) is 3.99. The number of allylic oxidation sites excluding steroid dienone is 1. The van der Waals surface area contributed by atoms with Crippen molar-refractivity contribution in [1.82, 2.24) is 4.98 Å². The first-order valence-corrected chi connectivity index (χ1v) is 3.99. The highest BCUT2D eigenvalue weighted by Gasteiger charge is 1.94. The van der Waals surface area contributed by atoms with Crippen molar-refractivity contribution < 1.29 is 4.79 Å². The fourth-order valence-corrected chi connectivity index (χ4v) is 0.911. The van der Waals surface area contributed by atoms with Crippen LogP contribution in [0.1, 0.15) is 5.56 Å². The lowest BCUT2D eigenvalue weighted by Gasteiger charge is -2.10. The number of carbonyl (C=O) groups is 1. The zero-order valence-electron chi connectivity index (χ0n) is 7.77. The summed E-state index contributed by atoms with van der Waals surface area (Å²) in [5.41, 5.74) is 0.928. The van der Waals surface area contributed by atoms with Crippen molar-refractivity contribution in [2.75, 3.05) is 19.0 Å². The summed E-state index contributed by atoms with van der Waals surface area (Å²) in [6, 6.07) is 3.83. The third kappa shape index (κ3) is 2.71. The number of hydrogen-bond donors (Lipinski definition) is 0. The van der Waals surface area contributed by atoms with Gasteiger partial charge >= 0.3 is 0 Å². The highest BCUT2D eigenvalue weighted by molar-refractivity contribution is 5.73. The van der Waals surface area contributed by atoms with E-state index in [-0.39, 0.29) is 0 Å². The lowest BCUT2D eigenvalue weighted by Crippen LogP contribution is -2.09. The van der Waals surface area contributed by atoms with Crippen LogP contribution in [0.5, 0.6) is 0 Å². The van der Waals surface area contributed by atoms with Gasteiger partial charge in [0.1, 0.15) is 12.1 Å². The molecule has 0 N–H and O–H groups in total. The summed E-state index contributed by atoms with van der Waals surface area (Å²) in [6.07, 6.45) is 5.65. The van der Waals surface area contributed by atoms with Gasteiger partial charge in [-0.3, -0.25) is 4.79 Å². The van der Waals surface area contributed by atoms with Crippen LogP contribution >= 0.6 is 0 Å². The average molecular weight is 176 g/mol. The van der Waals surface area contributed by atoms with Crippen LogP contribution in [0.2, 0.25) is 0 Å².